The van der Waals surface area contributed by atoms with Crippen LogP contribution in [0.15, 0.2) is 48.5 Å². The van der Waals surface area contributed by atoms with Gasteiger partial charge in [-0.3, -0.25) is 4.90 Å². The summed E-state index contributed by atoms with van der Waals surface area (Å²) < 4.78 is 5.71. The number of nitrogens with zero attached hydrogens (tertiary/aromatic N) is 3. The normalized spacial score (nSPS) is 25.3. The summed E-state index contributed by atoms with van der Waals surface area (Å²) in [6.07, 6.45) is 7.48. The second-order valence-electron chi connectivity index (χ2n) is 10.2. The summed E-state index contributed by atoms with van der Waals surface area (Å²) in [7, 11) is 0. The smallest absolute Gasteiger partial charge is 0.410 e. The molecule has 0 aromatic heterocycles. The number of fused-ring (bicyclic) bond motifs is 5. The van der Waals surface area contributed by atoms with Gasteiger partial charge in [0.1, 0.15) is 6.61 Å². The Balaban J connectivity index is 1.14. The van der Waals surface area contributed by atoms with Crippen molar-refractivity contribution in [1.82, 2.24) is 9.80 Å². The molecule has 2 aromatic carbocycles. The van der Waals surface area contributed by atoms with Gasteiger partial charge in [0.05, 0.1) is 6.04 Å². The number of amides is 1. The Morgan fingerprint density at radius 1 is 0.879 bits per heavy atom. The zero-order valence-electron chi connectivity index (χ0n) is 19.5. The molecule has 174 valence electrons. The molecule has 0 N–H and O–H groups in total. The molecule has 1 saturated carbocycles. The van der Waals surface area contributed by atoms with E-state index < -0.39 is 0 Å². The molecule has 2 atom stereocenters. The molecule has 2 aromatic rings. The summed E-state index contributed by atoms with van der Waals surface area (Å²) in [5, 5.41) is 0. The first-order chi connectivity index (χ1) is 16.3. The molecule has 3 fully saturated rings. The molecule has 2 heterocycles. The molecule has 5 heteroatoms. The van der Waals surface area contributed by atoms with Crippen LogP contribution in [0.25, 0.3) is 0 Å². The van der Waals surface area contributed by atoms with Crippen molar-refractivity contribution in [1.29, 1.82) is 0 Å². The highest BCUT2D eigenvalue weighted by atomic mass is 16.6. The van der Waals surface area contributed by atoms with Crippen LogP contribution in [0, 0.1) is 0 Å². The van der Waals surface area contributed by atoms with Crippen LogP contribution in [0.1, 0.15) is 67.2 Å². The van der Waals surface area contributed by atoms with Crippen molar-refractivity contribution in [2.75, 3.05) is 37.6 Å². The van der Waals surface area contributed by atoms with Crippen LogP contribution >= 0.6 is 0 Å². The summed E-state index contributed by atoms with van der Waals surface area (Å²) in [5.74, 6) is 0.580. The van der Waals surface area contributed by atoms with Crippen molar-refractivity contribution in [2.24, 2.45) is 0 Å². The second kappa shape index (κ2) is 9.02. The summed E-state index contributed by atoms with van der Waals surface area (Å²) in [5.41, 5.74) is 5.16. The molecule has 0 unspecified atom stereocenters. The van der Waals surface area contributed by atoms with Crippen LogP contribution in [0.3, 0.4) is 0 Å². The Kier molecular flexibility index (Phi) is 5.75. The molecule has 5 nitrogen and oxygen atoms in total. The number of hydrogen-bond donors (Lipinski definition) is 0. The lowest BCUT2D eigenvalue weighted by atomic mass is 9.96. The first-order valence-electron chi connectivity index (χ1n) is 12.9. The summed E-state index contributed by atoms with van der Waals surface area (Å²) >= 11 is 0. The number of ether oxygens (including phenoxy) is 1. The van der Waals surface area contributed by atoms with Crippen molar-refractivity contribution in [3.63, 3.8) is 0 Å². The van der Waals surface area contributed by atoms with Crippen molar-refractivity contribution < 1.29 is 9.53 Å². The predicted octanol–water partition coefficient (Wildman–Crippen LogP) is 5.32. The predicted molar refractivity (Wildman–Crippen MR) is 131 cm³/mol. The molecule has 1 amide bonds. The summed E-state index contributed by atoms with van der Waals surface area (Å²) in [6.45, 7) is 5.67. The summed E-state index contributed by atoms with van der Waals surface area (Å²) in [6, 6.07) is 18.0. The third-order valence-corrected chi connectivity index (χ3v) is 8.43. The number of piperidine rings is 1. The van der Waals surface area contributed by atoms with Gasteiger partial charge in [-0.2, -0.15) is 0 Å². The minimum Gasteiger partial charge on any atom is -0.445 e. The molecule has 0 radical (unpaired) electrons. The number of likely N-dealkylation sites (tertiary alicyclic amines) is 1. The molecule has 2 aliphatic carbocycles. The van der Waals surface area contributed by atoms with E-state index in [1.807, 2.05) is 35.2 Å². The zero-order valence-corrected chi connectivity index (χ0v) is 19.5. The summed E-state index contributed by atoms with van der Waals surface area (Å²) in [4.78, 5) is 20.2. The van der Waals surface area contributed by atoms with E-state index >= 15 is 0 Å². The molecule has 0 spiro atoms. The van der Waals surface area contributed by atoms with Gasteiger partial charge in [0.25, 0.3) is 0 Å². The first-order valence-corrected chi connectivity index (χ1v) is 12.9. The van der Waals surface area contributed by atoms with E-state index in [1.54, 1.807) is 0 Å². The van der Waals surface area contributed by atoms with E-state index in [9.17, 15) is 4.79 Å². The van der Waals surface area contributed by atoms with Gasteiger partial charge >= 0.3 is 6.09 Å². The Hall–Kier alpha value is -2.53. The van der Waals surface area contributed by atoms with E-state index in [-0.39, 0.29) is 12.1 Å². The van der Waals surface area contributed by atoms with Gasteiger partial charge in [-0.15, -0.1) is 0 Å². The fourth-order valence-electron chi connectivity index (χ4n) is 6.60. The van der Waals surface area contributed by atoms with Gasteiger partial charge in [0.2, 0.25) is 0 Å². The Labute approximate surface area is 197 Å². The van der Waals surface area contributed by atoms with Crippen LogP contribution in [0.5, 0.6) is 0 Å². The number of piperazine rings is 1. The van der Waals surface area contributed by atoms with Crippen LogP contribution in [0.4, 0.5) is 10.5 Å². The molecule has 2 aliphatic heterocycles. The van der Waals surface area contributed by atoms with Gasteiger partial charge in [0.15, 0.2) is 0 Å². The lowest BCUT2D eigenvalue weighted by Gasteiger charge is -2.39. The van der Waals surface area contributed by atoms with Gasteiger partial charge < -0.3 is 14.5 Å². The SMILES string of the molecule is O=C(OCc1ccccc1)N1CC[C@H]2C[C@@H]1c1cc(N3CCN(C4CCCC4)CC3)ccc12. The zero-order chi connectivity index (χ0) is 22.2. The maximum atomic E-state index is 13.0. The van der Waals surface area contributed by atoms with Crippen LogP contribution in [0.2, 0.25) is 0 Å². The maximum Gasteiger partial charge on any atom is 0.410 e. The van der Waals surface area contributed by atoms with Crippen LogP contribution < -0.4 is 4.90 Å². The van der Waals surface area contributed by atoms with Gasteiger partial charge in [-0.05, 0) is 60.4 Å². The monoisotopic (exact) mass is 445 g/mol. The van der Waals surface area contributed by atoms with E-state index in [2.05, 4.69) is 28.0 Å². The molecule has 33 heavy (non-hydrogen) atoms. The molecule has 6 rings (SSSR count). The van der Waals surface area contributed by atoms with Crippen molar-refractivity contribution in [2.45, 2.75) is 63.1 Å². The average molecular weight is 446 g/mol. The van der Waals surface area contributed by atoms with Gasteiger partial charge in [-0.1, -0.05) is 49.2 Å². The minimum atomic E-state index is -0.175. The highest BCUT2D eigenvalue weighted by Crippen LogP contribution is 2.50. The van der Waals surface area contributed by atoms with Crippen LogP contribution in [-0.2, 0) is 11.3 Å². The van der Waals surface area contributed by atoms with Gasteiger partial charge in [-0.25, -0.2) is 4.79 Å². The molecule has 2 bridgehead atoms. The molecular formula is C28H35N3O2. The quantitative estimate of drug-likeness (QED) is 0.638. The number of carbonyl (C=O) groups excluding carboxylic acids is 1. The Bertz CT molecular complexity index is 980. The number of rotatable bonds is 4. The Morgan fingerprint density at radius 2 is 1.67 bits per heavy atom. The van der Waals surface area contributed by atoms with Crippen molar-refractivity contribution in [3.8, 4) is 0 Å². The lowest BCUT2D eigenvalue weighted by molar-refractivity contribution is 0.0694. The average Bonchev–Trinajstić information content (AvgIpc) is 3.51. The number of carbonyl (C=O) groups is 1. The van der Waals surface area contributed by atoms with E-state index in [0.29, 0.717) is 12.5 Å². The minimum absolute atomic E-state index is 0.154. The van der Waals surface area contributed by atoms with Crippen molar-refractivity contribution >= 4 is 11.8 Å². The molecular weight excluding hydrogens is 410 g/mol. The molecule has 2 saturated heterocycles. The topological polar surface area (TPSA) is 36.0 Å². The highest BCUT2D eigenvalue weighted by molar-refractivity contribution is 5.70. The molecule has 4 aliphatic rings. The fourth-order valence-corrected chi connectivity index (χ4v) is 6.60. The number of anilines is 1. The number of benzene rings is 2. The fraction of sp³-hybridized carbons (Fsp3) is 0.536. The second-order valence-corrected chi connectivity index (χ2v) is 10.2. The number of hydrogen-bond acceptors (Lipinski definition) is 4. The Morgan fingerprint density at radius 3 is 2.45 bits per heavy atom. The van der Waals surface area contributed by atoms with E-state index in [1.165, 1.54) is 55.6 Å². The van der Waals surface area contributed by atoms with E-state index in [4.69, 9.17) is 4.74 Å². The standard InChI is InChI=1S/C28H35N3O2/c32-28(33-20-21-6-2-1-3-7-21)31-13-12-22-18-27(31)26-19-24(10-11-25(22)26)30-16-14-29(15-17-30)23-8-4-5-9-23/h1-3,6-7,10-11,19,22-23,27H,4-5,8-9,12-18,20H2/t22-,27+/m0/s1. The van der Waals surface area contributed by atoms with Crippen molar-refractivity contribution in [3.05, 3.63) is 65.2 Å². The third kappa shape index (κ3) is 4.12. The van der Waals surface area contributed by atoms with Gasteiger partial charge in [0, 0.05) is 44.5 Å². The highest BCUT2D eigenvalue weighted by Gasteiger charge is 2.41. The van der Waals surface area contributed by atoms with E-state index in [0.717, 1.165) is 44.1 Å². The lowest BCUT2D eigenvalue weighted by Crippen LogP contribution is -2.49. The first kappa shape index (κ1) is 21.0. The van der Waals surface area contributed by atoms with Crippen LogP contribution in [-0.4, -0.2) is 54.7 Å². The largest absolute Gasteiger partial charge is 0.445 e. The third-order valence-electron chi connectivity index (χ3n) is 8.43. The maximum absolute atomic E-state index is 13.0.